The van der Waals surface area contributed by atoms with Crippen molar-refractivity contribution in [2.45, 2.75) is 11.4 Å². The van der Waals surface area contributed by atoms with E-state index in [1.165, 1.54) is 51.9 Å². The fraction of sp³-hybridized carbons (Fsp3) is 0.381. The molecular weight excluding hydrogens is 530 g/mol. The molecule has 0 radical (unpaired) electrons. The van der Waals surface area contributed by atoms with Crippen molar-refractivity contribution in [3.05, 3.63) is 45.4 Å². The highest BCUT2D eigenvalue weighted by molar-refractivity contribution is 7.90. The maximum atomic E-state index is 13.5. The van der Waals surface area contributed by atoms with Crippen LogP contribution in [0.25, 0.3) is 21.4 Å². The molecule has 0 unspecified atom stereocenters. The summed E-state index contributed by atoms with van der Waals surface area (Å²) in [4.78, 5) is 50.8. The van der Waals surface area contributed by atoms with Crippen LogP contribution in [0.1, 0.15) is 0 Å². The van der Waals surface area contributed by atoms with Crippen molar-refractivity contribution < 1.29 is 13.2 Å². The van der Waals surface area contributed by atoms with Crippen LogP contribution in [0.15, 0.2) is 39.0 Å². The Balaban J connectivity index is 0.00000361. The number of anilines is 1. The minimum Gasteiger partial charge on any atom is -0.315 e. The van der Waals surface area contributed by atoms with E-state index in [9.17, 15) is 22.8 Å². The number of nitrogens with zero attached hydrogens (tertiary/aromatic N) is 7. The number of benzene rings is 1. The first kappa shape index (κ1) is 27.5. The largest absolute Gasteiger partial charge is 0.332 e. The van der Waals surface area contributed by atoms with Crippen molar-refractivity contribution in [2.24, 2.45) is 14.1 Å². The van der Waals surface area contributed by atoms with Gasteiger partial charge in [0.1, 0.15) is 6.54 Å². The van der Waals surface area contributed by atoms with Gasteiger partial charge in [-0.25, -0.2) is 23.2 Å². The zero-order chi connectivity index (χ0) is 25.7. The summed E-state index contributed by atoms with van der Waals surface area (Å²) in [5, 5.41) is 0.419. The summed E-state index contributed by atoms with van der Waals surface area (Å²) in [6.07, 6.45) is 2.50. The number of carbonyl (C=O) groups is 1. The van der Waals surface area contributed by atoms with Crippen LogP contribution < -0.4 is 16.1 Å². The lowest BCUT2D eigenvalue weighted by atomic mass is 10.3. The first-order valence-electron chi connectivity index (χ1n) is 10.5. The monoisotopic (exact) mass is 555 g/mol. The summed E-state index contributed by atoms with van der Waals surface area (Å²) in [6, 6.07) is 4.66. The van der Waals surface area contributed by atoms with Crippen LogP contribution in [0.5, 0.6) is 0 Å². The molecule has 15 heteroatoms. The summed E-state index contributed by atoms with van der Waals surface area (Å²) in [7, 11) is 3.26. The Bertz CT molecular complexity index is 1680. The second-order valence-electron chi connectivity index (χ2n) is 8.50. The van der Waals surface area contributed by atoms with Crippen molar-refractivity contribution in [1.82, 2.24) is 28.6 Å². The summed E-state index contributed by atoms with van der Waals surface area (Å²) >= 11 is 1.22. The maximum absolute atomic E-state index is 13.5. The van der Waals surface area contributed by atoms with E-state index in [0.29, 0.717) is 28.4 Å². The molecule has 0 atom stereocenters. The van der Waals surface area contributed by atoms with E-state index in [1.807, 2.05) is 19.0 Å². The topological polar surface area (TPSA) is 132 Å². The second-order valence-corrected chi connectivity index (χ2v) is 11.5. The second kappa shape index (κ2) is 10.1. The predicted octanol–water partition coefficient (Wildman–Crippen LogP) is 0.463. The summed E-state index contributed by atoms with van der Waals surface area (Å²) in [6.45, 7) is 0.687. The first-order valence-corrected chi connectivity index (χ1v) is 13.3. The number of sulfone groups is 1. The van der Waals surface area contributed by atoms with Crippen molar-refractivity contribution in [3.63, 3.8) is 0 Å². The molecular formula is C21H26ClN7O5S2. The third kappa shape index (κ3) is 5.07. The van der Waals surface area contributed by atoms with Gasteiger partial charge in [-0.2, -0.15) is 0 Å². The quantitative estimate of drug-likeness (QED) is 0.321. The number of fused-ring (bicyclic) bond motifs is 2. The number of halogens is 1. The molecule has 0 aliphatic carbocycles. The molecule has 0 saturated heterocycles. The van der Waals surface area contributed by atoms with Gasteiger partial charge in [0.15, 0.2) is 26.1 Å². The highest BCUT2D eigenvalue weighted by Crippen LogP contribution is 2.31. The van der Waals surface area contributed by atoms with Gasteiger partial charge in [0.2, 0.25) is 5.91 Å². The number of likely N-dealkylation sites (N-methyl/N-ethyl adjacent to an activating group) is 1. The zero-order valence-electron chi connectivity index (χ0n) is 20.3. The summed E-state index contributed by atoms with van der Waals surface area (Å²) in [5.74, 6) is -0.329. The molecule has 0 saturated carbocycles. The predicted molar refractivity (Wildman–Crippen MR) is 141 cm³/mol. The van der Waals surface area contributed by atoms with Gasteiger partial charge >= 0.3 is 5.69 Å². The highest BCUT2D eigenvalue weighted by Gasteiger charge is 2.23. The van der Waals surface area contributed by atoms with E-state index in [4.69, 9.17) is 0 Å². The van der Waals surface area contributed by atoms with Gasteiger partial charge in [-0.3, -0.25) is 23.6 Å². The number of hydrogen-bond acceptors (Lipinski definition) is 9. The molecule has 1 aromatic carbocycles. The van der Waals surface area contributed by atoms with Crippen LogP contribution in [0, 0.1) is 0 Å². The number of amides is 1. The first-order chi connectivity index (χ1) is 16.4. The van der Waals surface area contributed by atoms with Crippen molar-refractivity contribution >= 4 is 66.0 Å². The van der Waals surface area contributed by atoms with Crippen molar-refractivity contribution in [3.8, 4) is 0 Å². The fourth-order valence-corrected chi connectivity index (χ4v) is 5.38. The van der Waals surface area contributed by atoms with E-state index in [0.717, 1.165) is 10.8 Å². The number of aromatic nitrogens is 5. The third-order valence-electron chi connectivity index (χ3n) is 5.60. The van der Waals surface area contributed by atoms with Crippen LogP contribution in [-0.4, -0.2) is 76.3 Å². The molecule has 4 aromatic rings. The van der Waals surface area contributed by atoms with Gasteiger partial charge in [-0.15, -0.1) is 12.4 Å². The molecule has 0 spiro atoms. The van der Waals surface area contributed by atoms with E-state index in [1.54, 1.807) is 12.1 Å². The fourth-order valence-electron chi connectivity index (χ4n) is 3.61. The Morgan fingerprint density at radius 1 is 1.11 bits per heavy atom. The Hall–Kier alpha value is -3.07. The Morgan fingerprint density at radius 2 is 1.81 bits per heavy atom. The number of carbonyl (C=O) groups excluding carboxylic acids is 1. The van der Waals surface area contributed by atoms with Gasteiger partial charge < -0.3 is 9.47 Å². The van der Waals surface area contributed by atoms with E-state index < -0.39 is 21.1 Å². The van der Waals surface area contributed by atoms with E-state index in [2.05, 4.69) is 9.97 Å². The molecule has 36 heavy (non-hydrogen) atoms. The molecule has 0 N–H and O–H groups in total. The zero-order valence-corrected chi connectivity index (χ0v) is 22.8. The minimum absolute atomic E-state index is 0. The summed E-state index contributed by atoms with van der Waals surface area (Å²) in [5.41, 5.74) is -0.121. The number of imidazole rings is 1. The summed E-state index contributed by atoms with van der Waals surface area (Å²) < 4.78 is 28.2. The maximum Gasteiger partial charge on any atom is 0.332 e. The molecule has 0 fully saturated rings. The molecule has 1 amide bonds. The third-order valence-corrected chi connectivity index (χ3v) is 7.75. The molecule has 3 heterocycles. The van der Waals surface area contributed by atoms with Gasteiger partial charge in [0.05, 0.1) is 21.4 Å². The lowest BCUT2D eigenvalue weighted by Crippen LogP contribution is -2.40. The van der Waals surface area contributed by atoms with E-state index in [-0.39, 0.29) is 40.9 Å². The Labute approximate surface area is 216 Å². The molecule has 4 rings (SSSR count). The highest BCUT2D eigenvalue weighted by atomic mass is 35.5. The van der Waals surface area contributed by atoms with Crippen LogP contribution in [-0.2, 0) is 35.3 Å². The molecule has 0 aliphatic rings. The molecule has 3 aromatic heterocycles. The number of hydrogen-bond donors (Lipinski definition) is 0. The normalized spacial score (nSPS) is 11.8. The van der Waals surface area contributed by atoms with Crippen LogP contribution in [0.2, 0.25) is 0 Å². The van der Waals surface area contributed by atoms with Gasteiger partial charge in [0, 0.05) is 33.4 Å². The van der Waals surface area contributed by atoms with Crippen LogP contribution >= 0.6 is 23.7 Å². The smallest absolute Gasteiger partial charge is 0.315 e. The Kier molecular flexibility index (Phi) is 7.74. The molecule has 12 nitrogen and oxygen atoms in total. The average molecular weight is 556 g/mol. The molecule has 0 bridgehead atoms. The Morgan fingerprint density at radius 3 is 2.44 bits per heavy atom. The van der Waals surface area contributed by atoms with Gasteiger partial charge in [-0.05, 0) is 32.3 Å². The molecule has 0 aliphatic heterocycles. The lowest BCUT2D eigenvalue weighted by molar-refractivity contribution is -0.119. The van der Waals surface area contributed by atoms with Crippen molar-refractivity contribution in [1.29, 1.82) is 0 Å². The van der Waals surface area contributed by atoms with E-state index >= 15 is 0 Å². The number of thiazole rings is 1. The standard InChI is InChI=1S/C21H25N7O5S2.ClH/c1-24(2)8-9-28(20-23-14-7-6-13(35(5,32)33)10-15(14)34-20)16(29)11-27-12-22-18-17(27)19(30)26(4)21(31)25(18)3;/h6-7,10,12H,8-9,11H2,1-5H3;1H. The number of aryl methyl sites for hydroxylation is 1. The number of rotatable bonds is 7. The minimum atomic E-state index is -3.39. The average Bonchev–Trinajstić information content (AvgIpc) is 3.39. The van der Waals surface area contributed by atoms with Gasteiger partial charge in [-0.1, -0.05) is 11.3 Å². The molecule has 194 valence electrons. The van der Waals surface area contributed by atoms with Gasteiger partial charge in [0.25, 0.3) is 5.56 Å². The van der Waals surface area contributed by atoms with Crippen LogP contribution in [0.3, 0.4) is 0 Å². The van der Waals surface area contributed by atoms with Crippen molar-refractivity contribution in [2.75, 3.05) is 38.3 Å². The SMILES string of the molecule is CN(C)CCN(C(=O)Cn1cnc2c1c(=O)n(C)c(=O)n2C)c1nc2ccc(S(C)(=O)=O)cc2s1.Cl. The van der Waals surface area contributed by atoms with Crippen LogP contribution in [0.4, 0.5) is 5.13 Å². The lowest BCUT2D eigenvalue weighted by Gasteiger charge is -2.22.